The van der Waals surface area contributed by atoms with Gasteiger partial charge in [-0.3, -0.25) is 41.4 Å². The molecule has 5 aliphatic rings. The van der Waals surface area contributed by atoms with Crippen molar-refractivity contribution in [2.75, 3.05) is 49.3 Å². The Balaban J connectivity index is 0.777. The number of nitrogens with one attached hydrogen (secondary N) is 4. The van der Waals surface area contributed by atoms with Crippen LogP contribution in [0.2, 0.25) is 0 Å². The number of anilines is 3. The van der Waals surface area contributed by atoms with Crippen molar-refractivity contribution in [2.45, 2.75) is 155 Å². The predicted octanol–water partition coefficient (Wildman–Crippen LogP) is -2.10. The minimum Gasteiger partial charge on any atom is -0.453 e. The molecule has 93 heavy (non-hydrogen) atoms. The van der Waals surface area contributed by atoms with Crippen LogP contribution < -0.4 is 49.8 Å². The number of phosphoric ester groups is 2. The first kappa shape index (κ1) is 68.8. The summed E-state index contributed by atoms with van der Waals surface area (Å²) >= 11 is 1.82. The highest BCUT2D eigenvalue weighted by molar-refractivity contribution is 8.00. The molecule has 5 aliphatic heterocycles. The average molecular weight is 1370 g/mol. The summed E-state index contributed by atoms with van der Waals surface area (Å²) in [5.74, 6) is -1.26. The number of thioether (sulfide) groups is 1. The highest BCUT2D eigenvalue weighted by Crippen LogP contribution is 2.52. The van der Waals surface area contributed by atoms with E-state index in [1.807, 2.05) is 11.8 Å². The van der Waals surface area contributed by atoms with Crippen LogP contribution in [0.4, 0.5) is 22.2 Å². The number of ether oxygens (including phenoxy) is 4. The second-order valence-corrected chi connectivity index (χ2v) is 26.5. The summed E-state index contributed by atoms with van der Waals surface area (Å²) in [5.41, 5.74) is 15.9. The zero-order chi connectivity index (χ0) is 66.3. The fourth-order valence-electron chi connectivity index (χ4n) is 11.3. The Kier molecular flexibility index (Phi) is 22.3. The van der Waals surface area contributed by atoms with Gasteiger partial charge in [0.1, 0.15) is 78.4 Å². The van der Waals surface area contributed by atoms with Crippen molar-refractivity contribution < 1.29 is 95.6 Å². The molecule has 0 saturated carbocycles. The molecule has 506 valence electrons. The molecule has 5 saturated heterocycles. The van der Waals surface area contributed by atoms with Crippen LogP contribution in [0.3, 0.4) is 0 Å². The molecule has 0 aliphatic carbocycles. The summed E-state index contributed by atoms with van der Waals surface area (Å²) in [5, 5.41) is 56.6. The third-order valence-electron chi connectivity index (χ3n) is 16.0. The smallest absolute Gasteiger partial charge is 0.453 e. The SMILES string of the molecule is Nc1ncnc2c1ncn2[C@@H]1O[C@H](COP(=O)(O)O[C@H]2[C@@H](O)[C@H](n3ccc([15NH2])[15n]c3=O)O[C@@H]2COP(=O)(O)O[C@H]2[C@@H](O)[C@H](n3ccc([15NH2])[15n]c3=O)O[C@@H]2CO)[C@@H](O)[C@H]1O[13C](=O)[C@H](Cc1ccccc1)NC(=O)CCCCCNC(=O)CCCC[C@@H]1SC[C@@H]2NC(=O)N[C@@H]21. The number of nitrogens with zero attached hydrogens (tertiary/aromatic N) is 8. The lowest BCUT2D eigenvalue weighted by molar-refractivity contribution is -0.162. The van der Waals surface area contributed by atoms with Crippen LogP contribution in [0.1, 0.15) is 75.6 Å². The van der Waals surface area contributed by atoms with Crippen molar-refractivity contribution in [3.05, 3.63) is 94.0 Å². The molecule has 40 heteroatoms. The number of unbranched alkanes of at least 4 members (excludes halogenated alkanes) is 3. The number of nitrogens with two attached hydrogens (primary N) is 3. The molecule has 2 unspecified atom stereocenters. The van der Waals surface area contributed by atoms with Crippen molar-refractivity contribution >= 4 is 79.8 Å². The number of benzene rings is 1. The molecule has 5 aromatic rings. The van der Waals surface area contributed by atoms with Gasteiger partial charge in [-0.05, 0) is 43.4 Å². The Morgan fingerprint density at radius 3 is 1.99 bits per heavy atom. The number of fused-ring (bicyclic) bond motifs is 2. The Morgan fingerprint density at radius 2 is 1.33 bits per heavy atom. The molecule has 0 spiro atoms. The van der Waals surface area contributed by atoms with Gasteiger partial charge in [-0.2, -0.15) is 21.7 Å². The maximum absolute atomic E-state index is 14.5. The number of esters is 1. The number of nitrogen functional groups attached to an aromatic ring is 3. The number of aromatic nitrogens is 8. The van der Waals surface area contributed by atoms with E-state index in [-0.39, 0.29) is 65.5 Å². The highest BCUT2D eigenvalue weighted by Gasteiger charge is 2.54. The number of phosphoric acid groups is 2. The van der Waals surface area contributed by atoms with Crippen molar-refractivity contribution in [3.8, 4) is 0 Å². The molecular weight excluding hydrogens is 1300 g/mol. The van der Waals surface area contributed by atoms with E-state index in [9.17, 15) is 68.1 Å². The standard InChI is InChI=1S/C53H71N15O22P2S/c54-33-14-17-66(52(77)63-33)47-40(73)42(29(20-69)85-47)89-92(81,82)84-22-31-43(41(74)48(87-31)67-18-15-34(55)64-53(67)78)90-91(79,80)83-21-30-39(72)44(49(86-30)68-25-60-38-45(56)58-24-59-46(38)68)88-50(75)27(19-26-9-3-1-4-10-26)61-36(71)13-5-2-8-16-57-35(70)12-7-6-11-32-37-28(23-93-32)62-51(76)65-37/h1,3-4,9-10,14-15,17-18,24-25,27-32,37,39-44,47-49,69,72-74H,2,5-8,11-13,16,19-23H2,(H,57,70)(H,61,71)(H,79,80)(H,81,82)(H2,54,63,77)(H2,55,64,78)(H2,56,58,59)(H2,62,65,76)/t27-,28-,29+,30+,31+,32-,37-,39+,40+,41+,42+,43+,44+,47+,48+,49+/m0/s1/i50+1,54+1,55+1,63+1,64+1. The monoisotopic (exact) mass is 1370 g/mol. The summed E-state index contributed by atoms with van der Waals surface area (Å²) in [7, 11) is -11.1. The number of aliphatic hydroxyl groups excluding tert-OH is 4. The molecule has 9 heterocycles. The maximum Gasteiger partial charge on any atom is 0.472 e. The fraction of sp³-hybridized carbons (Fsp3) is 0.566. The molecule has 1 aromatic carbocycles. The van der Waals surface area contributed by atoms with Crippen LogP contribution in [0.25, 0.3) is 11.2 Å². The lowest BCUT2D eigenvalue weighted by Gasteiger charge is -2.26. The van der Waals surface area contributed by atoms with E-state index in [1.165, 1.54) is 17.0 Å². The number of amides is 4. The van der Waals surface area contributed by atoms with Gasteiger partial charge < -0.3 is 87.6 Å². The van der Waals surface area contributed by atoms with Gasteiger partial charge in [-0.15, -0.1) is 0 Å². The van der Waals surface area contributed by atoms with Gasteiger partial charge in [-0.25, -0.2) is 43.3 Å². The quantitative estimate of drug-likeness (QED) is 0.00585. The molecule has 37 nitrogen and oxygen atoms in total. The lowest BCUT2D eigenvalue weighted by Crippen LogP contribution is -2.47. The normalized spacial score (nSPS) is 29.1. The average Bonchev–Trinajstić information content (AvgIpc) is 1.65. The van der Waals surface area contributed by atoms with Crippen molar-refractivity contribution in [1.29, 1.82) is 0 Å². The molecule has 5 fully saturated rings. The van der Waals surface area contributed by atoms with Gasteiger partial charge in [0.25, 0.3) is 0 Å². The number of rotatable bonds is 30. The summed E-state index contributed by atoms with van der Waals surface area (Å²) in [6, 6.07) is 9.70. The molecular formula is C53H71N15O22P2S. The van der Waals surface area contributed by atoms with Crippen LogP contribution in [0.5, 0.6) is 0 Å². The van der Waals surface area contributed by atoms with E-state index in [0.29, 0.717) is 54.0 Å². The molecule has 16 N–H and O–H groups in total. The maximum atomic E-state index is 14.5. The summed E-state index contributed by atoms with van der Waals surface area (Å²) in [6.07, 6.45) is -13.1. The first-order valence-corrected chi connectivity index (χ1v) is 33.5. The van der Waals surface area contributed by atoms with Crippen molar-refractivity contribution in [3.63, 3.8) is 0 Å². The number of carbonyl (C=O) groups is 4. The summed E-state index contributed by atoms with van der Waals surface area (Å²) < 4.78 is 75.1. The van der Waals surface area contributed by atoms with Gasteiger partial charge in [0, 0.05) is 49.2 Å². The highest BCUT2D eigenvalue weighted by atomic mass is 32.2. The van der Waals surface area contributed by atoms with Crippen LogP contribution in [-0.4, -0.2) is 203 Å². The molecule has 10 rings (SSSR count). The van der Waals surface area contributed by atoms with Crippen molar-refractivity contribution in [2.24, 2.45) is 0 Å². The largest absolute Gasteiger partial charge is 0.472 e. The minimum atomic E-state index is -5.59. The third-order valence-corrected chi connectivity index (χ3v) is 19.5. The van der Waals surface area contributed by atoms with Crippen molar-refractivity contribution in [1.82, 2.24) is 59.9 Å². The molecule has 0 radical (unpaired) electrons. The third kappa shape index (κ3) is 16.7. The number of hydrogen-bond acceptors (Lipinski definition) is 29. The van der Waals surface area contributed by atoms with Gasteiger partial charge in [-0.1, -0.05) is 43.2 Å². The fourth-order valence-corrected chi connectivity index (χ4v) is 14.8. The van der Waals surface area contributed by atoms with Gasteiger partial charge in [0.2, 0.25) is 11.8 Å². The summed E-state index contributed by atoms with van der Waals surface area (Å²) in [4.78, 5) is 120. The van der Waals surface area contributed by atoms with E-state index in [1.54, 1.807) is 30.3 Å². The predicted molar refractivity (Wildman–Crippen MR) is 321 cm³/mol. The number of urea groups is 1. The number of hydrogen-bond donors (Lipinski definition) is 13. The molecule has 0 bridgehead atoms. The van der Waals surface area contributed by atoms with E-state index >= 15 is 0 Å². The Bertz CT molecular complexity index is 3690. The van der Waals surface area contributed by atoms with E-state index < -0.39 is 138 Å². The van der Waals surface area contributed by atoms with E-state index in [4.69, 9.17) is 54.2 Å². The van der Waals surface area contributed by atoms with Crippen LogP contribution in [0, 0.1) is 0 Å². The Morgan fingerprint density at radius 1 is 0.720 bits per heavy atom. The number of carbonyl (C=O) groups excluding carboxylic acids is 4. The molecule has 4 amide bonds. The first-order chi connectivity index (χ1) is 44.5. The minimum absolute atomic E-state index is 0.0120. The Labute approximate surface area is 531 Å². The summed E-state index contributed by atoms with van der Waals surface area (Å²) in [6.45, 7) is -2.74. The topological polar surface area (TPSA) is 537 Å². The first-order valence-electron chi connectivity index (χ1n) is 29.5. The molecule has 18 atom stereocenters. The van der Waals surface area contributed by atoms with E-state index in [0.717, 1.165) is 47.9 Å². The van der Waals surface area contributed by atoms with Gasteiger partial charge in [0.05, 0.1) is 38.2 Å². The van der Waals surface area contributed by atoms with E-state index in [2.05, 4.69) is 46.2 Å². The Hall–Kier alpha value is -7.10. The zero-order valence-corrected chi connectivity index (χ0v) is 51.9. The van der Waals surface area contributed by atoms with Crippen LogP contribution in [-0.2, 0) is 67.0 Å². The van der Waals surface area contributed by atoms with Gasteiger partial charge in [0.15, 0.2) is 36.3 Å². The molecule has 4 aromatic heterocycles. The zero-order valence-electron chi connectivity index (χ0n) is 49.3. The number of imidazole rings is 1. The number of aliphatic hydroxyl groups is 4. The van der Waals surface area contributed by atoms with Gasteiger partial charge >= 0.3 is 39.0 Å². The second-order valence-electron chi connectivity index (χ2n) is 22.4. The second kappa shape index (κ2) is 30.1. The van der Waals surface area contributed by atoms with Crippen LogP contribution >= 0.6 is 27.4 Å². The van der Waals surface area contributed by atoms with Crippen LogP contribution in [0.15, 0.2) is 77.1 Å². The lowest BCUT2D eigenvalue weighted by atomic mass is 10.0.